The van der Waals surface area contributed by atoms with E-state index < -0.39 is 16.2 Å². The van der Waals surface area contributed by atoms with Crippen LogP contribution in [0, 0.1) is 0 Å². The highest BCUT2D eigenvalue weighted by Gasteiger charge is 2.53. The molecule has 21 rings (SSSR count). The highest BCUT2D eigenvalue weighted by molar-refractivity contribution is 6.21. The fourth-order valence-electron chi connectivity index (χ4n) is 18.9. The molecule has 4 aliphatic rings. The van der Waals surface area contributed by atoms with E-state index in [1.807, 2.05) is 0 Å². The molecule has 452 valence electrons. The summed E-state index contributed by atoms with van der Waals surface area (Å²) in [4.78, 5) is 2.49. The predicted molar refractivity (Wildman–Crippen MR) is 393 cm³/mol. The maximum absolute atomic E-state index is 7.16. The molecule has 0 bridgehead atoms. The van der Waals surface area contributed by atoms with Crippen LogP contribution in [0.4, 0.5) is 17.1 Å². The van der Waals surface area contributed by atoms with Crippen molar-refractivity contribution in [2.45, 2.75) is 49.4 Å². The first-order chi connectivity index (χ1) is 47.1. The number of fused-ring (bicyclic) bond motifs is 25. The van der Waals surface area contributed by atoms with Gasteiger partial charge in [-0.15, -0.1) is 0 Å². The van der Waals surface area contributed by atoms with Gasteiger partial charge in [0.15, 0.2) is 5.58 Å². The second-order valence-electron chi connectivity index (χ2n) is 28.0. The molecule has 4 nitrogen and oxygen atoms in total. The van der Waals surface area contributed by atoms with Crippen LogP contribution in [0.3, 0.4) is 0 Å². The summed E-state index contributed by atoms with van der Waals surface area (Å²) >= 11 is 0. The van der Waals surface area contributed by atoms with Crippen LogP contribution in [0.2, 0.25) is 0 Å². The third-order valence-corrected chi connectivity index (χ3v) is 22.7. The fourth-order valence-corrected chi connectivity index (χ4v) is 18.9. The molecule has 0 radical (unpaired) electrons. The number of para-hydroxylation sites is 4. The molecule has 0 fully saturated rings. The van der Waals surface area contributed by atoms with Gasteiger partial charge < -0.3 is 18.2 Å². The third kappa shape index (κ3) is 6.68. The van der Waals surface area contributed by atoms with E-state index in [9.17, 15) is 0 Å². The number of anilines is 3. The van der Waals surface area contributed by atoms with Gasteiger partial charge in [0, 0.05) is 60.1 Å². The standard InChI is InChI=1S/C92H61NO3/c1-89(2)69-39-21-17-35-63(69)84-86(89)85-82(83-66-37-20-24-43-78(66)96-88(83)84)64-47-45-58(50-71(64)90(85,3)4)93(75-40-25-38-62-61-34-18-22-41-76(61)95-87(62)75)59-44-46-60-67-52-74-68(53-73(67)92(72(60)51-59,56-30-13-7-14-31-56)57-32-15-8-16-33-57)80-70(48-49-79-81(80)65-36-19-23-42-77(65)94-79)91(74,54-26-9-5-10-27-54)55-28-11-6-12-29-55/h5-53H,1-4H3. The zero-order valence-corrected chi connectivity index (χ0v) is 53.5. The minimum absolute atomic E-state index is 0.297. The van der Waals surface area contributed by atoms with E-state index in [1.165, 1.54) is 117 Å². The quantitative estimate of drug-likeness (QED) is 0.159. The molecule has 0 amide bonds. The molecule has 0 atom stereocenters. The Morgan fingerprint density at radius 3 is 1.38 bits per heavy atom. The first-order valence-electron chi connectivity index (χ1n) is 33.6. The number of hydrogen-bond donors (Lipinski definition) is 0. The molecule has 0 aliphatic heterocycles. The van der Waals surface area contributed by atoms with Crippen molar-refractivity contribution >= 4 is 82.9 Å². The number of benzene rings is 14. The van der Waals surface area contributed by atoms with Crippen LogP contribution < -0.4 is 4.90 Å². The van der Waals surface area contributed by atoms with Gasteiger partial charge in [-0.1, -0.05) is 258 Å². The lowest BCUT2D eigenvalue weighted by molar-refractivity contribution is 0.600. The Morgan fingerprint density at radius 2 is 0.719 bits per heavy atom. The maximum atomic E-state index is 7.16. The van der Waals surface area contributed by atoms with Crippen molar-refractivity contribution in [1.82, 2.24) is 0 Å². The van der Waals surface area contributed by atoms with Crippen LogP contribution in [0.5, 0.6) is 0 Å². The Bertz CT molecular complexity index is 6120. The van der Waals surface area contributed by atoms with E-state index in [2.05, 4.69) is 330 Å². The minimum Gasteiger partial charge on any atom is -0.456 e. The normalized spacial score (nSPS) is 15.2. The Kier molecular flexibility index (Phi) is 10.6. The SMILES string of the molecule is CC1(C)c2ccccc2-c2c1c1c(c3c2oc2ccccc23)-c2ccc(N(c3ccc4c(c3)C(c3ccccc3)(c3ccccc3)c3cc5c(cc3-4)C(c3ccccc3)(c3ccccc3)c3ccc4oc6ccccc6c4c3-5)c3cccc4c3oc3ccccc34)cc2C1(C)C. The monoisotopic (exact) mass is 1230 g/mol. The van der Waals surface area contributed by atoms with Crippen molar-refractivity contribution in [1.29, 1.82) is 0 Å². The summed E-state index contributed by atoms with van der Waals surface area (Å²) in [5.74, 6) is 0. The van der Waals surface area contributed by atoms with Crippen LogP contribution in [-0.2, 0) is 21.7 Å². The van der Waals surface area contributed by atoms with E-state index in [1.54, 1.807) is 0 Å². The van der Waals surface area contributed by atoms with Crippen LogP contribution >= 0.6 is 0 Å². The molecule has 0 spiro atoms. The largest absolute Gasteiger partial charge is 0.456 e. The summed E-state index contributed by atoms with van der Waals surface area (Å²) in [6, 6.07) is 111. The first kappa shape index (κ1) is 53.8. The Balaban J connectivity index is 0.857. The van der Waals surface area contributed by atoms with Crippen molar-refractivity contribution in [2.24, 2.45) is 0 Å². The molecule has 3 heterocycles. The van der Waals surface area contributed by atoms with Gasteiger partial charge in [0.25, 0.3) is 0 Å². The smallest absolute Gasteiger partial charge is 0.159 e. The summed E-state index contributed by atoms with van der Waals surface area (Å²) in [6.07, 6.45) is 0. The van der Waals surface area contributed by atoms with Gasteiger partial charge in [0.1, 0.15) is 27.9 Å². The second kappa shape index (κ2) is 19.0. The highest BCUT2D eigenvalue weighted by atomic mass is 16.3. The molecule has 96 heavy (non-hydrogen) atoms. The zero-order chi connectivity index (χ0) is 63.6. The van der Waals surface area contributed by atoms with Crippen LogP contribution in [0.15, 0.2) is 311 Å². The average molecular weight is 1230 g/mol. The van der Waals surface area contributed by atoms with Crippen molar-refractivity contribution in [3.63, 3.8) is 0 Å². The lowest BCUT2D eigenvalue weighted by atomic mass is 9.66. The van der Waals surface area contributed by atoms with Crippen molar-refractivity contribution < 1.29 is 13.3 Å². The second-order valence-corrected chi connectivity index (χ2v) is 28.0. The zero-order valence-electron chi connectivity index (χ0n) is 53.5. The molecular formula is C92H61NO3. The highest BCUT2D eigenvalue weighted by Crippen LogP contribution is 2.67. The molecule has 4 heteroatoms. The molecule has 3 aromatic heterocycles. The first-order valence-corrected chi connectivity index (χ1v) is 33.6. The van der Waals surface area contributed by atoms with E-state index in [0.717, 1.165) is 77.5 Å². The summed E-state index contributed by atoms with van der Waals surface area (Å²) in [5.41, 5.74) is 31.0. The minimum atomic E-state index is -0.808. The van der Waals surface area contributed by atoms with E-state index in [0.29, 0.717) is 0 Å². The lowest BCUT2D eigenvalue weighted by Gasteiger charge is -2.36. The molecule has 0 unspecified atom stereocenters. The molecule has 0 N–H and O–H groups in total. The van der Waals surface area contributed by atoms with E-state index in [-0.39, 0.29) is 5.41 Å². The van der Waals surface area contributed by atoms with Crippen LogP contribution in [0.1, 0.15) is 94.5 Å². The molecule has 14 aromatic carbocycles. The summed E-state index contributed by atoms with van der Waals surface area (Å²) in [7, 11) is 0. The number of furan rings is 3. The van der Waals surface area contributed by atoms with Gasteiger partial charge in [-0.2, -0.15) is 0 Å². The van der Waals surface area contributed by atoms with Crippen molar-refractivity contribution in [3.05, 3.63) is 364 Å². The number of rotatable bonds is 7. The topological polar surface area (TPSA) is 42.7 Å². The number of nitrogens with zero attached hydrogens (tertiary/aromatic N) is 1. The Hall–Kier alpha value is -11.7. The van der Waals surface area contributed by atoms with Gasteiger partial charge in [-0.3, -0.25) is 0 Å². The van der Waals surface area contributed by atoms with Crippen LogP contribution in [0.25, 0.3) is 110 Å². The predicted octanol–water partition coefficient (Wildman–Crippen LogP) is 24.2. The summed E-state index contributed by atoms with van der Waals surface area (Å²) < 4.78 is 21.1. The lowest BCUT2D eigenvalue weighted by Crippen LogP contribution is -2.30. The summed E-state index contributed by atoms with van der Waals surface area (Å²) in [5, 5.41) is 6.73. The maximum Gasteiger partial charge on any atom is 0.159 e. The molecule has 0 saturated heterocycles. The van der Waals surface area contributed by atoms with Gasteiger partial charge in [0.2, 0.25) is 0 Å². The Labute approximate surface area is 555 Å². The Morgan fingerprint density at radius 1 is 0.260 bits per heavy atom. The molecular weight excluding hydrogens is 1170 g/mol. The van der Waals surface area contributed by atoms with E-state index in [4.69, 9.17) is 13.3 Å². The van der Waals surface area contributed by atoms with Crippen LogP contribution in [-0.4, -0.2) is 0 Å². The third-order valence-electron chi connectivity index (χ3n) is 22.7. The fraction of sp³-hybridized carbons (Fsp3) is 0.0870. The van der Waals surface area contributed by atoms with Crippen molar-refractivity contribution in [2.75, 3.05) is 4.90 Å². The molecule has 0 saturated carbocycles. The van der Waals surface area contributed by atoms with Gasteiger partial charge >= 0.3 is 0 Å². The summed E-state index contributed by atoms with van der Waals surface area (Å²) in [6.45, 7) is 9.75. The van der Waals surface area contributed by atoms with Crippen molar-refractivity contribution in [3.8, 4) is 44.5 Å². The van der Waals surface area contributed by atoms with Gasteiger partial charge in [0.05, 0.1) is 16.5 Å². The average Bonchev–Trinajstić information content (AvgIpc) is 1.51. The van der Waals surface area contributed by atoms with Gasteiger partial charge in [-0.25, -0.2) is 0 Å². The number of hydrogen-bond acceptors (Lipinski definition) is 4. The molecule has 17 aromatic rings. The van der Waals surface area contributed by atoms with Gasteiger partial charge in [-0.05, 0) is 172 Å². The van der Waals surface area contributed by atoms with E-state index >= 15 is 0 Å². The molecule has 4 aliphatic carbocycles.